The number of primary amides is 1. The van der Waals surface area contributed by atoms with Crippen LogP contribution in [-0.2, 0) is 41.1 Å². The number of carbonyl (C=O) groups is 1. The molecule has 262 valence electrons. The molecule has 2 aliphatic rings. The number of rotatable bonds is 13. The Morgan fingerprint density at radius 1 is 1.04 bits per heavy atom. The molecule has 5 heterocycles. The third-order valence-electron chi connectivity index (χ3n) is 6.68. The van der Waals surface area contributed by atoms with E-state index in [2.05, 4.69) is 32.8 Å². The summed E-state index contributed by atoms with van der Waals surface area (Å²) in [4.78, 5) is 62.1. The van der Waals surface area contributed by atoms with Crippen LogP contribution in [0.15, 0.2) is 42.9 Å². The number of ether oxygens (including phenoxy) is 2. The SMILES string of the molecule is NC(=O)c1ccc[n+](C2=C(O)[C@@H](O)[C@H](COP(=O)(O)OP(=O)(O)OC[C@H]3O[C@@H](n4cnc5c(N)ncnc54)[C@H](OP(=O)(O)O)[C@@H]3O)O2)c1. The zero-order valence-electron chi connectivity index (χ0n) is 23.8. The minimum absolute atomic E-state index is 0.000107. The number of amides is 1. The van der Waals surface area contributed by atoms with E-state index in [1.165, 1.54) is 24.5 Å². The van der Waals surface area contributed by atoms with Gasteiger partial charge in [0, 0.05) is 6.07 Å². The Morgan fingerprint density at radius 2 is 1.71 bits per heavy atom. The summed E-state index contributed by atoms with van der Waals surface area (Å²) in [5.41, 5.74) is 11.0. The van der Waals surface area contributed by atoms with Gasteiger partial charge in [-0.15, -0.1) is 4.57 Å². The van der Waals surface area contributed by atoms with E-state index in [1.807, 2.05) is 0 Å². The van der Waals surface area contributed by atoms with Crippen molar-refractivity contribution in [3.05, 3.63) is 48.5 Å². The third-order valence-corrected chi connectivity index (χ3v) is 9.80. The second-order valence-electron chi connectivity index (χ2n) is 9.97. The fourth-order valence-corrected chi connectivity index (χ4v) is 7.19. The minimum Gasteiger partial charge on any atom is -0.502 e. The highest BCUT2D eigenvalue weighted by molar-refractivity contribution is 7.61. The third kappa shape index (κ3) is 7.88. The average Bonchev–Trinajstić information content (AvgIpc) is 3.64. The van der Waals surface area contributed by atoms with Crippen molar-refractivity contribution in [1.82, 2.24) is 19.5 Å². The maximum absolute atomic E-state index is 12.6. The Morgan fingerprint density at radius 3 is 2.35 bits per heavy atom. The number of anilines is 1. The zero-order chi connectivity index (χ0) is 35.2. The Labute approximate surface area is 267 Å². The van der Waals surface area contributed by atoms with Crippen LogP contribution in [0.5, 0.6) is 0 Å². The Hall–Kier alpha value is -3.44. The smallest absolute Gasteiger partial charge is 0.481 e. The molecular formula is C21H27N7O17P3+. The molecule has 3 aromatic heterocycles. The molecular weight excluding hydrogens is 715 g/mol. The van der Waals surface area contributed by atoms with Crippen LogP contribution in [0.25, 0.3) is 17.0 Å². The van der Waals surface area contributed by atoms with E-state index < -0.39 is 91.0 Å². The van der Waals surface area contributed by atoms with Crippen molar-refractivity contribution in [3.63, 3.8) is 0 Å². The molecule has 0 spiro atoms. The number of aromatic nitrogens is 5. The standard InChI is InChI=1S/C21H26N7O17P3/c22-17-12-19(25-7-24-17)28(8-26-12)21-16(44-46(33,34)35)14(30)11(43-21)6-41-48(38,39)45-47(36,37)40-5-10-13(29)15(31)20(42-10)27-3-1-2-9(4-27)18(23)32/h1-4,7-8,10-11,13-14,16,21,29-30H,5-6H2,(H8-,22,23,24,25,31,32,33,34,35,36,37,38,39)/p+1/t10-,11+,13-,14+,16+,21+/m0/s1. The van der Waals surface area contributed by atoms with Gasteiger partial charge >= 0.3 is 29.4 Å². The molecule has 2 unspecified atom stereocenters. The summed E-state index contributed by atoms with van der Waals surface area (Å²) in [6.07, 6.45) is -5.80. The predicted molar refractivity (Wildman–Crippen MR) is 151 cm³/mol. The first-order valence-corrected chi connectivity index (χ1v) is 17.6. The Bertz CT molecular complexity index is 1890. The molecule has 0 bridgehead atoms. The van der Waals surface area contributed by atoms with Crippen LogP contribution in [-0.4, -0.2) is 104 Å². The molecule has 1 amide bonds. The maximum Gasteiger partial charge on any atom is 0.481 e. The molecule has 48 heavy (non-hydrogen) atoms. The van der Waals surface area contributed by atoms with Gasteiger partial charge in [0.1, 0.15) is 35.7 Å². The van der Waals surface area contributed by atoms with Crippen LogP contribution in [0.2, 0.25) is 0 Å². The largest absolute Gasteiger partial charge is 0.502 e. The number of aliphatic hydroxyl groups excluding tert-OH is 3. The highest BCUT2D eigenvalue weighted by atomic mass is 31.3. The normalized spacial score (nSPS) is 27.1. The molecule has 3 aromatic rings. The highest BCUT2D eigenvalue weighted by Gasteiger charge is 2.50. The first kappa shape index (κ1) is 35.9. The number of fused-ring (bicyclic) bond motifs is 1. The number of hydrogen-bond acceptors (Lipinski definition) is 17. The molecule has 2 aliphatic heterocycles. The number of phosphoric ester groups is 3. The van der Waals surface area contributed by atoms with E-state index in [4.69, 9.17) is 20.9 Å². The van der Waals surface area contributed by atoms with Crippen molar-refractivity contribution < 1.29 is 85.3 Å². The summed E-state index contributed by atoms with van der Waals surface area (Å²) in [5.74, 6) is -2.02. The number of phosphoric acid groups is 3. The van der Waals surface area contributed by atoms with Gasteiger partial charge in [0.05, 0.1) is 19.5 Å². The number of pyridine rings is 1. The van der Waals surface area contributed by atoms with E-state index >= 15 is 0 Å². The summed E-state index contributed by atoms with van der Waals surface area (Å²) in [5, 5.41) is 31.3. The molecule has 0 saturated carbocycles. The number of nitrogens with zero attached hydrogens (tertiary/aromatic N) is 5. The number of carbonyl (C=O) groups excluding carboxylic acids is 1. The van der Waals surface area contributed by atoms with Gasteiger partial charge in [0.15, 0.2) is 42.3 Å². The van der Waals surface area contributed by atoms with Crippen LogP contribution in [0.3, 0.4) is 0 Å². The fraction of sp³-hybridized carbons (Fsp3) is 0.381. The van der Waals surface area contributed by atoms with Crippen LogP contribution in [0.4, 0.5) is 5.82 Å². The van der Waals surface area contributed by atoms with Crippen LogP contribution in [0, 0.1) is 0 Å². The summed E-state index contributed by atoms with van der Waals surface area (Å²) < 4.78 is 68.1. The monoisotopic (exact) mass is 742 g/mol. The first-order chi connectivity index (χ1) is 22.4. The van der Waals surface area contributed by atoms with Gasteiger partial charge in [0.25, 0.3) is 5.91 Å². The van der Waals surface area contributed by atoms with Crippen molar-refractivity contribution in [3.8, 4) is 0 Å². The second kappa shape index (κ2) is 13.5. The number of aliphatic hydroxyl groups is 3. The van der Waals surface area contributed by atoms with Crippen molar-refractivity contribution in [2.75, 3.05) is 18.9 Å². The van der Waals surface area contributed by atoms with Crippen LogP contribution >= 0.6 is 23.5 Å². The van der Waals surface area contributed by atoms with Crippen LogP contribution in [0.1, 0.15) is 16.6 Å². The molecule has 1 fully saturated rings. The highest BCUT2D eigenvalue weighted by Crippen LogP contribution is 2.61. The zero-order valence-corrected chi connectivity index (χ0v) is 26.5. The van der Waals surface area contributed by atoms with E-state index in [9.17, 15) is 53.4 Å². The minimum atomic E-state index is -5.53. The molecule has 8 atom stereocenters. The number of nitrogen functional groups attached to an aromatic ring is 1. The first-order valence-electron chi connectivity index (χ1n) is 13.1. The molecule has 1 saturated heterocycles. The number of imidazole rings is 1. The predicted octanol–water partition coefficient (Wildman–Crippen LogP) is -2.07. The molecule has 11 N–H and O–H groups in total. The quantitative estimate of drug-likeness (QED) is 0.0670. The molecule has 0 aliphatic carbocycles. The molecule has 0 aromatic carbocycles. The van der Waals surface area contributed by atoms with E-state index in [1.54, 1.807) is 0 Å². The Kier molecular flexibility index (Phi) is 10.1. The van der Waals surface area contributed by atoms with Crippen molar-refractivity contribution in [2.45, 2.75) is 36.7 Å². The van der Waals surface area contributed by atoms with Gasteiger partial charge in [-0.2, -0.15) is 4.31 Å². The molecule has 0 radical (unpaired) electrons. The lowest BCUT2D eigenvalue weighted by atomic mass is 10.1. The summed E-state index contributed by atoms with van der Waals surface area (Å²) in [6, 6.07) is 2.73. The molecule has 27 heteroatoms. The molecule has 24 nitrogen and oxygen atoms in total. The summed E-state index contributed by atoms with van der Waals surface area (Å²) in [7, 11) is -16.3. The topological polar surface area (TPSA) is 365 Å². The second-order valence-corrected chi connectivity index (χ2v) is 14.2. The van der Waals surface area contributed by atoms with Gasteiger partial charge in [-0.25, -0.2) is 28.6 Å². The van der Waals surface area contributed by atoms with Crippen molar-refractivity contribution in [2.24, 2.45) is 5.73 Å². The van der Waals surface area contributed by atoms with Crippen molar-refractivity contribution >= 4 is 52.2 Å². The van der Waals surface area contributed by atoms with Gasteiger partial charge in [-0.3, -0.25) is 22.9 Å². The fourth-order valence-electron chi connectivity index (χ4n) is 4.56. The lowest BCUT2D eigenvalue weighted by Gasteiger charge is -2.22. The summed E-state index contributed by atoms with van der Waals surface area (Å²) >= 11 is 0. The van der Waals surface area contributed by atoms with Gasteiger partial charge in [-0.1, -0.05) is 0 Å². The number of nitrogens with two attached hydrogens (primary N) is 2. The van der Waals surface area contributed by atoms with Gasteiger partial charge in [0.2, 0.25) is 5.76 Å². The van der Waals surface area contributed by atoms with Gasteiger partial charge < -0.3 is 55.8 Å². The van der Waals surface area contributed by atoms with Gasteiger partial charge in [-0.05, 0) is 6.07 Å². The Balaban J connectivity index is 1.21. The number of hydrogen-bond donors (Lipinski definition) is 9. The maximum atomic E-state index is 12.6. The van der Waals surface area contributed by atoms with E-state index in [0.29, 0.717) is 0 Å². The van der Waals surface area contributed by atoms with Crippen LogP contribution < -0.4 is 16.0 Å². The average molecular weight is 742 g/mol. The van der Waals surface area contributed by atoms with E-state index in [-0.39, 0.29) is 22.5 Å². The lowest BCUT2D eigenvalue weighted by molar-refractivity contribution is -0.602. The van der Waals surface area contributed by atoms with E-state index in [0.717, 1.165) is 21.8 Å². The summed E-state index contributed by atoms with van der Waals surface area (Å²) in [6.45, 7) is -2.08. The molecule has 5 rings (SSSR count). The van der Waals surface area contributed by atoms with Crippen molar-refractivity contribution in [1.29, 1.82) is 0 Å². The lowest BCUT2D eigenvalue weighted by Crippen LogP contribution is -2.35.